The highest BCUT2D eigenvalue weighted by atomic mass is 32.2. The summed E-state index contributed by atoms with van der Waals surface area (Å²) in [5.74, 6) is 0.483. The molecule has 1 atom stereocenters. The summed E-state index contributed by atoms with van der Waals surface area (Å²) in [6.07, 6.45) is 0. The van der Waals surface area contributed by atoms with Crippen molar-refractivity contribution >= 4 is 23.6 Å². The molecule has 0 spiro atoms. The van der Waals surface area contributed by atoms with Gasteiger partial charge in [0.05, 0.1) is 14.2 Å². The van der Waals surface area contributed by atoms with Crippen LogP contribution in [-0.2, 0) is 14.3 Å². The van der Waals surface area contributed by atoms with Gasteiger partial charge in [-0.1, -0.05) is 0 Å². The average Bonchev–Trinajstić information content (AvgIpc) is 2.42. The van der Waals surface area contributed by atoms with Gasteiger partial charge in [-0.2, -0.15) is 0 Å². The van der Waals surface area contributed by atoms with Crippen LogP contribution in [0.15, 0.2) is 29.2 Å². The number of ether oxygens (including phenoxy) is 2. The number of carbonyl (C=O) groups is 2. The average molecular weight is 283 g/mol. The number of amides is 1. The largest absolute Gasteiger partial charge is 0.497 e. The van der Waals surface area contributed by atoms with Crippen LogP contribution < -0.4 is 10.1 Å². The quantitative estimate of drug-likeness (QED) is 0.632. The summed E-state index contributed by atoms with van der Waals surface area (Å²) in [5, 5.41) is 2.56. The molecule has 0 aromatic heterocycles. The molecule has 0 bridgehead atoms. The summed E-state index contributed by atoms with van der Waals surface area (Å²) in [6, 6.07) is 6.83. The molecular weight excluding hydrogens is 266 g/mol. The molecule has 1 N–H and O–H groups in total. The molecule has 104 valence electrons. The van der Waals surface area contributed by atoms with Crippen molar-refractivity contribution < 1.29 is 19.1 Å². The number of carbonyl (C=O) groups excluding carboxylic acids is 2. The molecular formula is C13H17NO4S. The molecule has 0 saturated carbocycles. The molecule has 0 aliphatic rings. The lowest BCUT2D eigenvalue weighted by molar-refractivity contribution is -0.144. The first-order valence-corrected chi connectivity index (χ1v) is 6.67. The van der Waals surface area contributed by atoms with Gasteiger partial charge in [-0.3, -0.25) is 4.79 Å². The molecule has 0 aliphatic heterocycles. The van der Waals surface area contributed by atoms with Gasteiger partial charge in [0.1, 0.15) is 11.8 Å². The van der Waals surface area contributed by atoms with E-state index in [0.717, 1.165) is 10.6 Å². The normalized spacial score (nSPS) is 11.5. The molecule has 0 aliphatic carbocycles. The van der Waals surface area contributed by atoms with Gasteiger partial charge in [-0.25, -0.2) is 4.79 Å². The molecule has 5 nitrogen and oxygen atoms in total. The van der Waals surface area contributed by atoms with Crippen LogP contribution in [0.25, 0.3) is 0 Å². The second kappa shape index (κ2) is 7.68. The summed E-state index contributed by atoms with van der Waals surface area (Å²) in [5.41, 5.74) is 0. The molecule has 0 heterocycles. The summed E-state index contributed by atoms with van der Waals surface area (Å²) >= 11 is 1.46. The maximum Gasteiger partial charge on any atom is 0.329 e. The number of thioether (sulfide) groups is 1. The van der Waals surface area contributed by atoms with E-state index in [1.807, 2.05) is 24.3 Å². The maximum atomic E-state index is 11.5. The minimum atomic E-state index is -0.644. The number of rotatable bonds is 6. The van der Waals surface area contributed by atoms with E-state index in [1.165, 1.54) is 25.8 Å². The van der Waals surface area contributed by atoms with Gasteiger partial charge in [-0.15, -0.1) is 11.8 Å². The van der Waals surface area contributed by atoms with Crippen molar-refractivity contribution in [3.05, 3.63) is 24.3 Å². The minimum absolute atomic E-state index is 0.259. The van der Waals surface area contributed by atoms with Gasteiger partial charge >= 0.3 is 5.97 Å². The molecule has 1 unspecified atom stereocenters. The topological polar surface area (TPSA) is 64.6 Å². The van der Waals surface area contributed by atoms with E-state index < -0.39 is 12.0 Å². The van der Waals surface area contributed by atoms with Crippen molar-refractivity contribution in [1.82, 2.24) is 5.32 Å². The Morgan fingerprint density at radius 2 is 1.89 bits per heavy atom. The van der Waals surface area contributed by atoms with Crippen molar-refractivity contribution in [3.8, 4) is 5.75 Å². The predicted molar refractivity (Wildman–Crippen MR) is 73.3 cm³/mol. The van der Waals surface area contributed by atoms with Crippen LogP contribution in [0, 0.1) is 0 Å². The number of hydrogen-bond acceptors (Lipinski definition) is 5. The van der Waals surface area contributed by atoms with Crippen molar-refractivity contribution in [1.29, 1.82) is 0 Å². The highest BCUT2D eigenvalue weighted by Crippen LogP contribution is 2.22. The van der Waals surface area contributed by atoms with Crippen molar-refractivity contribution in [3.63, 3.8) is 0 Å². The maximum absolute atomic E-state index is 11.5. The first-order chi connectivity index (χ1) is 9.06. The third-order valence-electron chi connectivity index (χ3n) is 2.34. The number of nitrogens with one attached hydrogen (secondary N) is 1. The lowest BCUT2D eigenvalue weighted by Gasteiger charge is -2.14. The summed E-state index contributed by atoms with van der Waals surface area (Å²) < 4.78 is 9.71. The van der Waals surface area contributed by atoms with E-state index >= 15 is 0 Å². The van der Waals surface area contributed by atoms with E-state index in [0.29, 0.717) is 5.75 Å². The fourth-order valence-electron chi connectivity index (χ4n) is 1.41. The highest BCUT2D eigenvalue weighted by molar-refractivity contribution is 7.99. The van der Waals surface area contributed by atoms with Gasteiger partial charge in [0, 0.05) is 17.6 Å². The number of methoxy groups -OCH3 is 2. The summed E-state index contributed by atoms with van der Waals surface area (Å²) in [4.78, 5) is 23.5. The van der Waals surface area contributed by atoms with Crippen LogP contribution in [0.2, 0.25) is 0 Å². The van der Waals surface area contributed by atoms with Crippen LogP contribution in [0.4, 0.5) is 0 Å². The van der Waals surface area contributed by atoms with Crippen molar-refractivity contribution in [2.45, 2.75) is 17.9 Å². The molecule has 0 fully saturated rings. The SMILES string of the molecule is COC(=O)C(CSc1ccc(OC)cc1)NC(C)=O. The molecule has 0 saturated heterocycles. The van der Waals surface area contributed by atoms with Crippen LogP contribution in [-0.4, -0.2) is 37.9 Å². The molecule has 1 aromatic carbocycles. The van der Waals surface area contributed by atoms with Crippen LogP contribution >= 0.6 is 11.8 Å². The van der Waals surface area contributed by atoms with E-state index in [4.69, 9.17) is 4.74 Å². The number of benzene rings is 1. The Balaban J connectivity index is 2.59. The van der Waals surface area contributed by atoms with E-state index in [-0.39, 0.29) is 5.91 Å². The first kappa shape index (κ1) is 15.4. The van der Waals surface area contributed by atoms with Crippen molar-refractivity contribution in [2.75, 3.05) is 20.0 Å². The smallest absolute Gasteiger partial charge is 0.329 e. The minimum Gasteiger partial charge on any atom is -0.497 e. The lowest BCUT2D eigenvalue weighted by Crippen LogP contribution is -2.42. The molecule has 1 rings (SSSR count). The predicted octanol–water partition coefficient (Wildman–Crippen LogP) is 1.46. The second-order valence-electron chi connectivity index (χ2n) is 3.76. The monoisotopic (exact) mass is 283 g/mol. The zero-order valence-electron chi connectivity index (χ0n) is 11.1. The molecule has 19 heavy (non-hydrogen) atoms. The molecule has 0 radical (unpaired) electrons. The van der Waals surface area contributed by atoms with Crippen LogP contribution in [0.1, 0.15) is 6.92 Å². The van der Waals surface area contributed by atoms with Gasteiger partial charge in [-0.05, 0) is 24.3 Å². The Morgan fingerprint density at radius 3 is 2.37 bits per heavy atom. The van der Waals surface area contributed by atoms with E-state index in [2.05, 4.69) is 10.1 Å². The fraction of sp³-hybridized carbons (Fsp3) is 0.385. The second-order valence-corrected chi connectivity index (χ2v) is 4.86. The Hall–Kier alpha value is -1.69. The first-order valence-electron chi connectivity index (χ1n) is 5.68. The van der Waals surface area contributed by atoms with Gasteiger partial charge in [0.25, 0.3) is 0 Å². The molecule has 1 aromatic rings. The van der Waals surface area contributed by atoms with Crippen LogP contribution in [0.3, 0.4) is 0 Å². The molecule has 1 amide bonds. The zero-order valence-corrected chi connectivity index (χ0v) is 12.0. The Bertz CT molecular complexity index is 433. The lowest BCUT2D eigenvalue weighted by atomic mass is 10.3. The third kappa shape index (κ3) is 5.21. The van der Waals surface area contributed by atoms with E-state index in [1.54, 1.807) is 7.11 Å². The van der Waals surface area contributed by atoms with E-state index in [9.17, 15) is 9.59 Å². The standard InChI is InChI=1S/C13H17NO4S/c1-9(15)14-12(13(16)18-3)8-19-11-6-4-10(17-2)5-7-11/h4-7,12H,8H2,1-3H3,(H,14,15). The Kier molecular flexibility index (Phi) is 6.21. The Labute approximate surface area is 116 Å². The highest BCUT2D eigenvalue weighted by Gasteiger charge is 2.20. The van der Waals surface area contributed by atoms with Crippen molar-refractivity contribution in [2.24, 2.45) is 0 Å². The summed E-state index contributed by atoms with van der Waals surface area (Å²) in [6.45, 7) is 1.37. The zero-order chi connectivity index (χ0) is 14.3. The summed E-state index contributed by atoms with van der Waals surface area (Å²) in [7, 11) is 2.90. The Morgan fingerprint density at radius 1 is 1.26 bits per heavy atom. The van der Waals surface area contributed by atoms with Gasteiger partial charge < -0.3 is 14.8 Å². The number of hydrogen-bond donors (Lipinski definition) is 1. The van der Waals surface area contributed by atoms with Gasteiger partial charge in [0.15, 0.2) is 0 Å². The number of esters is 1. The van der Waals surface area contributed by atoms with Crippen LogP contribution in [0.5, 0.6) is 5.75 Å². The fourth-order valence-corrected chi connectivity index (χ4v) is 2.31. The third-order valence-corrected chi connectivity index (χ3v) is 3.44. The van der Waals surface area contributed by atoms with Gasteiger partial charge in [0.2, 0.25) is 5.91 Å². The molecule has 6 heteroatoms.